The van der Waals surface area contributed by atoms with Crippen molar-refractivity contribution in [2.75, 3.05) is 12.8 Å². The molecule has 0 saturated heterocycles. The first kappa shape index (κ1) is 8.58. The molecule has 5 heteroatoms. The highest BCUT2D eigenvalue weighted by atomic mass is 32.2. The molecule has 0 amide bonds. The molecule has 4 nitrogen and oxygen atoms in total. The Kier molecular flexibility index (Phi) is 2.80. The van der Waals surface area contributed by atoms with E-state index in [2.05, 4.69) is 4.72 Å². The van der Waals surface area contributed by atoms with E-state index < -0.39 is 10.0 Å². The molecule has 0 saturated carbocycles. The van der Waals surface area contributed by atoms with Gasteiger partial charge in [0.1, 0.15) is 5.78 Å². The van der Waals surface area contributed by atoms with Gasteiger partial charge in [-0.25, -0.2) is 8.42 Å². The topological polar surface area (TPSA) is 65.3 Å². The van der Waals surface area contributed by atoms with E-state index in [0.717, 1.165) is 6.26 Å². The van der Waals surface area contributed by atoms with Gasteiger partial charge < -0.3 is 0 Å². The molecule has 9 heavy (non-hydrogen) atoms. The number of hydrogen-bond donors (Lipinski definition) is 0. The molecule has 0 atom stereocenters. The van der Waals surface area contributed by atoms with Crippen molar-refractivity contribution < 1.29 is 13.2 Å². The van der Waals surface area contributed by atoms with Gasteiger partial charge in [0.05, 0.1) is 12.8 Å². The first-order chi connectivity index (χ1) is 3.92. The summed E-state index contributed by atoms with van der Waals surface area (Å²) >= 11 is 0. The Morgan fingerprint density at radius 2 is 2.00 bits per heavy atom. The Morgan fingerprint density at radius 3 is 2.11 bits per heavy atom. The molecule has 0 spiro atoms. The van der Waals surface area contributed by atoms with Crippen molar-refractivity contribution >= 4 is 15.8 Å². The van der Waals surface area contributed by atoms with Gasteiger partial charge in [-0.1, -0.05) is 0 Å². The van der Waals surface area contributed by atoms with E-state index in [1.807, 2.05) is 0 Å². The Balaban J connectivity index is 3.67. The minimum absolute atomic E-state index is 0.237. The van der Waals surface area contributed by atoms with E-state index in [0.29, 0.717) is 0 Å². The van der Waals surface area contributed by atoms with Crippen LogP contribution >= 0.6 is 0 Å². The number of Topliss-reactive ketones (excluding diaryl/α,β-unsaturated/α-hetero) is 1. The van der Waals surface area contributed by atoms with Gasteiger partial charge in [-0.2, -0.15) is 0 Å². The Morgan fingerprint density at radius 1 is 1.56 bits per heavy atom. The summed E-state index contributed by atoms with van der Waals surface area (Å²) in [5.41, 5.74) is 0. The number of carbonyl (C=O) groups excluding carboxylic acids is 1. The van der Waals surface area contributed by atoms with Crippen LogP contribution in [0.25, 0.3) is 0 Å². The minimum Gasteiger partial charge on any atom is -0.298 e. The van der Waals surface area contributed by atoms with Crippen LogP contribution in [0.3, 0.4) is 0 Å². The second-order valence-corrected chi connectivity index (χ2v) is 3.45. The summed E-state index contributed by atoms with van der Waals surface area (Å²) in [7, 11) is -3.32. The van der Waals surface area contributed by atoms with Crippen molar-refractivity contribution in [1.82, 2.24) is 4.72 Å². The molecule has 0 aliphatic carbocycles. The molecule has 0 unspecified atom stereocenters. The number of sulfonamides is 1. The van der Waals surface area contributed by atoms with Crippen molar-refractivity contribution in [1.29, 1.82) is 0 Å². The molecule has 0 aliphatic heterocycles. The molecule has 0 aromatic rings. The standard InChI is InChI=1S/C4H8NO3S/c1-4(6)3-5-9(2,7)8/h3H2,1-2H3. The summed E-state index contributed by atoms with van der Waals surface area (Å²) in [4.78, 5) is 10.1. The van der Waals surface area contributed by atoms with E-state index >= 15 is 0 Å². The fourth-order valence-electron chi connectivity index (χ4n) is 0.208. The Bertz CT molecular complexity index is 194. The van der Waals surface area contributed by atoms with Crippen LogP contribution in [-0.2, 0) is 14.8 Å². The smallest absolute Gasteiger partial charge is 0.225 e. The summed E-state index contributed by atoms with van der Waals surface area (Å²) in [6, 6.07) is 0. The zero-order valence-electron chi connectivity index (χ0n) is 5.29. The van der Waals surface area contributed by atoms with Crippen LogP contribution in [0.1, 0.15) is 6.92 Å². The SMILES string of the molecule is CC(=O)C[N]S(C)(=O)=O. The summed E-state index contributed by atoms with van der Waals surface area (Å²) in [5.74, 6) is -0.250. The van der Waals surface area contributed by atoms with Gasteiger partial charge in [-0.05, 0) is 6.92 Å². The van der Waals surface area contributed by atoms with Crippen LogP contribution < -0.4 is 4.72 Å². The number of nitrogens with zero attached hydrogens (tertiary/aromatic N) is 1. The fourth-order valence-corrected chi connectivity index (χ4v) is 0.624. The highest BCUT2D eigenvalue weighted by Gasteiger charge is 2.02. The van der Waals surface area contributed by atoms with E-state index in [9.17, 15) is 13.2 Å². The maximum Gasteiger partial charge on any atom is 0.225 e. The molecule has 0 aromatic carbocycles. The fraction of sp³-hybridized carbons (Fsp3) is 0.750. The minimum atomic E-state index is -3.32. The lowest BCUT2D eigenvalue weighted by Gasteiger charge is -1.91. The van der Waals surface area contributed by atoms with Crippen LogP contribution in [0.5, 0.6) is 0 Å². The maximum absolute atomic E-state index is 10.2. The van der Waals surface area contributed by atoms with E-state index in [1.54, 1.807) is 0 Å². The molecular weight excluding hydrogens is 142 g/mol. The molecule has 1 radical (unpaired) electrons. The lowest BCUT2D eigenvalue weighted by atomic mass is 10.5. The molecule has 0 aliphatic rings. The Labute approximate surface area is 54.3 Å². The number of carbonyl (C=O) groups is 1. The third kappa shape index (κ3) is 7.58. The van der Waals surface area contributed by atoms with Crippen LogP contribution in [0.15, 0.2) is 0 Å². The second kappa shape index (κ2) is 2.93. The average molecular weight is 150 g/mol. The zero-order chi connectivity index (χ0) is 7.49. The molecule has 0 fully saturated rings. The number of ketones is 1. The molecular formula is C4H8NO3S. The largest absolute Gasteiger partial charge is 0.298 e. The van der Waals surface area contributed by atoms with Crippen molar-refractivity contribution in [3.8, 4) is 0 Å². The van der Waals surface area contributed by atoms with Crippen molar-refractivity contribution in [2.45, 2.75) is 6.92 Å². The highest BCUT2D eigenvalue weighted by Crippen LogP contribution is 1.76. The van der Waals surface area contributed by atoms with Crippen LogP contribution in [0.2, 0.25) is 0 Å². The predicted molar refractivity (Wildman–Crippen MR) is 32.5 cm³/mol. The second-order valence-electron chi connectivity index (χ2n) is 1.72. The van der Waals surface area contributed by atoms with Gasteiger partial charge in [0.15, 0.2) is 0 Å². The Hall–Kier alpha value is -0.420. The van der Waals surface area contributed by atoms with Crippen molar-refractivity contribution in [3.63, 3.8) is 0 Å². The molecule has 0 N–H and O–H groups in total. The summed E-state index contributed by atoms with van der Waals surface area (Å²) < 4.78 is 23.5. The van der Waals surface area contributed by atoms with E-state index in [4.69, 9.17) is 0 Å². The lowest BCUT2D eigenvalue weighted by Crippen LogP contribution is -2.19. The monoisotopic (exact) mass is 150 g/mol. The first-order valence-corrected chi connectivity index (χ1v) is 4.15. The maximum atomic E-state index is 10.2. The zero-order valence-corrected chi connectivity index (χ0v) is 6.10. The third-order valence-electron chi connectivity index (χ3n) is 0.522. The molecule has 0 aromatic heterocycles. The van der Waals surface area contributed by atoms with Gasteiger partial charge in [-0.15, -0.1) is 4.72 Å². The number of rotatable bonds is 3. The molecule has 53 valence electrons. The molecule has 0 bridgehead atoms. The van der Waals surface area contributed by atoms with Crippen LogP contribution in [0, 0.1) is 0 Å². The summed E-state index contributed by atoms with van der Waals surface area (Å²) in [5, 5.41) is 0. The van der Waals surface area contributed by atoms with Gasteiger partial charge >= 0.3 is 0 Å². The first-order valence-electron chi connectivity index (χ1n) is 2.30. The van der Waals surface area contributed by atoms with Crippen molar-refractivity contribution in [3.05, 3.63) is 0 Å². The summed E-state index contributed by atoms with van der Waals surface area (Å²) in [6.45, 7) is 1.05. The van der Waals surface area contributed by atoms with Gasteiger partial charge in [0.2, 0.25) is 10.0 Å². The summed E-state index contributed by atoms with van der Waals surface area (Å²) in [6.07, 6.45) is 0.954. The normalized spacial score (nSPS) is 11.3. The highest BCUT2D eigenvalue weighted by molar-refractivity contribution is 7.88. The number of hydrogen-bond acceptors (Lipinski definition) is 3. The van der Waals surface area contributed by atoms with E-state index in [-0.39, 0.29) is 12.3 Å². The predicted octanol–water partition coefficient (Wildman–Crippen LogP) is -0.861. The van der Waals surface area contributed by atoms with Crippen LogP contribution in [-0.4, -0.2) is 27.0 Å². The van der Waals surface area contributed by atoms with Gasteiger partial charge in [0.25, 0.3) is 0 Å². The van der Waals surface area contributed by atoms with Gasteiger partial charge in [-0.3, -0.25) is 4.79 Å². The molecule has 0 heterocycles. The lowest BCUT2D eigenvalue weighted by molar-refractivity contribution is -0.115. The average Bonchev–Trinajstić information content (AvgIpc) is 1.59. The van der Waals surface area contributed by atoms with E-state index in [1.165, 1.54) is 6.92 Å². The van der Waals surface area contributed by atoms with Crippen molar-refractivity contribution in [2.24, 2.45) is 0 Å². The quantitative estimate of drug-likeness (QED) is 0.525. The third-order valence-corrected chi connectivity index (χ3v) is 1.12. The molecule has 0 rings (SSSR count). The van der Waals surface area contributed by atoms with Crippen LogP contribution in [0.4, 0.5) is 0 Å². The van der Waals surface area contributed by atoms with Gasteiger partial charge in [0, 0.05) is 0 Å².